The number of aromatic amines is 1. The molecule has 0 unspecified atom stereocenters. The first kappa shape index (κ1) is 13.3. The molecule has 2 N–H and O–H groups in total. The largest absolute Gasteiger partial charge is 0.374 e. The molecule has 0 bridgehead atoms. The Morgan fingerprint density at radius 1 is 1.62 bits per heavy atom. The van der Waals surface area contributed by atoms with Crippen LogP contribution < -0.4 is 10.9 Å². The quantitative estimate of drug-likeness (QED) is 0.598. The lowest BCUT2D eigenvalue weighted by Gasteiger charge is -2.06. The van der Waals surface area contributed by atoms with E-state index in [0.29, 0.717) is 15.9 Å². The van der Waals surface area contributed by atoms with E-state index in [2.05, 4.69) is 20.0 Å². The maximum Gasteiger partial charge on any atom is 0.266 e. The van der Waals surface area contributed by atoms with Crippen molar-refractivity contribution < 1.29 is 13.5 Å². The average molecular weight is 345 g/mol. The second kappa shape index (κ2) is 6.74. The van der Waals surface area contributed by atoms with Gasteiger partial charge in [-0.05, 0) is 22.6 Å². The Kier molecular flexibility index (Phi) is 5.60. The minimum absolute atomic E-state index is 0.134. The van der Waals surface area contributed by atoms with Crippen LogP contribution in [0, 0.1) is 3.57 Å². The number of hydrogen-bond acceptors (Lipinski definition) is 4. The highest BCUT2D eigenvalue weighted by Gasteiger charge is 2.04. The minimum atomic E-state index is -2.46. The SMILES string of the molecule is O=c1[nH]cnc(NCCOCC(F)F)c1I. The monoisotopic (exact) mass is 345 g/mol. The first-order valence-corrected chi connectivity index (χ1v) is 5.52. The van der Waals surface area contributed by atoms with Gasteiger partial charge in [0, 0.05) is 6.54 Å². The van der Waals surface area contributed by atoms with Crippen molar-refractivity contribution in [1.82, 2.24) is 9.97 Å². The zero-order chi connectivity index (χ0) is 12.0. The summed E-state index contributed by atoms with van der Waals surface area (Å²) in [6.07, 6.45) is -1.19. The van der Waals surface area contributed by atoms with Crippen LogP contribution in [0.5, 0.6) is 0 Å². The van der Waals surface area contributed by atoms with Gasteiger partial charge in [0.2, 0.25) is 0 Å². The molecular weight excluding hydrogens is 335 g/mol. The summed E-state index contributed by atoms with van der Waals surface area (Å²) in [7, 11) is 0. The van der Waals surface area contributed by atoms with Gasteiger partial charge in [0.05, 0.1) is 12.9 Å². The molecule has 0 saturated heterocycles. The topological polar surface area (TPSA) is 67.0 Å². The predicted octanol–water partition coefficient (Wildman–Crippen LogP) is 1.07. The van der Waals surface area contributed by atoms with Crippen molar-refractivity contribution in [2.45, 2.75) is 6.43 Å². The van der Waals surface area contributed by atoms with Crippen LogP contribution in [0.2, 0.25) is 0 Å². The van der Waals surface area contributed by atoms with Gasteiger partial charge < -0.3 is 15.0 Å². The fraction of sp³-hybridized carbons (Fsp3) is 0.500. The lowest BCUT2D eigenvalue weighted by molar-refractivity contribution is 0.0214. The lowest BCUT2D eigenvalue weighted by Crippen LogP contribution is -2.18. The average Bonchev–Trinajstić information content (AvgIpc) is 2.23. The van der Waals surface area contributed by atoms with Crippen molar-refractivity contribution in [3.63, 3.8) is 0 Å². The van der Waals surface area contributed by atoms with E-state index in [4.69, 9.17) is 0 Å². The molecule has 0 aliphatic rings. The molecule has 0 amide bonds. The fourth-order valence-corrected chi connectivity index (χ4v) is 1.41. The van der Waals surface area contributed by atoms with Gasteiger partial charge >= 0.3 is 0 Å². The minimum Gasteiger partial charge on any atom is -0.374 e. The molecule has 90 valence electrons. The predicted molar refractivity (Wildman–Crippen MR) is 62.9 cm³/mol. The van der Waals surface area contributed by atoms with Crippen molar-refractivity contribution in [3.05, 3.63) is 20.3 Å². The van der Waals surface area contributed by atoms with Crippen molar-refractivity contribution >= 4 is 28.4 Å². The zero-order valence-corrected chi connectivity index (χ0v) is 10.3. The maximum absolute atomic E-state index is 11.7. The first-order valence-electron chi connectivity index (χ1n) is 4.44. The Bertz CT molecular complexity index is 386. The number of halogens is 3. The van der Waals surface area contributed by atoms with Crippen molar-refractivity contribution in [1.29, 1.82) is 0 Å². The molecule has 0 aliphatic heterocycles. The smallest absolute Gasteiger partial charge is 0.266 e. The Labute approximate surface area is 104 Å². The highest BCUT2D eigenvalue weighted by Crippen LogP contribution is 2.07. The second-order valence-corrected chi connectivity index (χ2v) is 3.87. The number of aromatic nitrogens is 2. The van der Waals surface area contributed by atoms with Crippen LogP contribution in [0.15, 0.2) is 11.1 Å². The van der Waals surface area contributed by atoms with E-state index in [1.165, 1.54) is 6.33 Å². The van der Waals surface area contributed by atoms with E-state index in [-0.39, 0.29) is 12.2 Å². The maximum atomic E-state index is 11.7. The van der Waals surface area contributed by atoms with Gasteiger partial charge in [0.1, 0.15) is 16.0 Å². The molecule has 1 aromatic heterocycles. The number of H-pyrrole nitrogens is 1. The normalized spacial score (nSPS) is 10.8. The van der Waals surface area contributed by atoms with Crippen LogP contribution in [0.25, 0.3) is 0 Å². The number of nitrogens with zero attached hydrogens (tertiary/aromatic N) is 1. The van der Waals surface area contributed by atoms with Gasteiger partial charge in [-0.25, -0.2) is 13.8 Å². The van der Waals surface area contributed by atoms with Gasteiger partial charge in [0.25, 0.3) is 12.0 Å². The Balaban J connectivity index is 2.32. The molecule has 1 aromatic rings. The third-order valence-corrected chi connectivity index (χ3v) is 2.58. The summed E-state index contributed by atoms with van der Waals surface area (Å²) in [5.41, 5.74) is -0.244. The van der Waals surface area contributed by atoms with Crippen LogP contribution in [0.4, 0.5) is 14.6 Å². The van der Waals surface area contributed by atoms with Gasteiger partial charge in [-0.1, -0.05) is 0 Å². The van der Waals surface area contributed by atoms with E-state index in [0.717, 1.165) is 0 Å². The lowest BCUT2D eigenvalue weighted by atomic mass is 10.5. The molecule has 0 saturated carbocycles. The molecule has 1 rings (SSSR count). The number of alkyl halides is 2. The molecular formula is C8H10F2IN3O2. The highest BCUT2D eigenvalue weighted by atomic mass is 127. The molecule has 0 aromatic carbocycles. The first-order chi connectivity index (χ1) is 7.61. The summed E-state index contributed by atoms with van der Waals surface area (Å²) in [6.45, 7) is -0.129. The fourth-order valence-electron chi connectivity index (χ4n) is 0.920. The summed E-state index contributed by atoms with van der Waals surface area (Å²) in [4.78, 5) is 17.5. The number of hydrogen-bond donors (Lipinski definition) is 2. The van der Waals surface area contributed by atoms with Gasteiger partial charge in [-0.3, -0.25) is 4.79 Å². The van der Waals surface area contributed by atoms with E-state index < -0.39 is 13.0 Å². The van der Waals surface area contributed by atoms with Crippen LogP contribution in [-0.2, 0) is 4.74 Å². The number of anilines is 1. The molecule has 0 atom stereocenters. The van der Waals surface area contributed by atoms with Gasteiger partial charge in [0.15, 0.2) is 0 Å². The second-order valence-electron chi connectivity index (χ2n) is 2.79. The Morgan fingerprint density at radius 2 is 2.38 bits per heavy atom. The van der Waals surface area contributed by atoms with Gasteiger partial charge in [-0.15, -0.1) is 0 Å². The summed E-state index contributed by atoms with van der Waals surface area (Å²) in [5.74, 6) is 0.421. The van der Waals surface area contributed by atoms with E-state index in [9.17, 15) is 13.6 Å². The van der Waals surface area contributed by atoms with Crippen molar-refractivity contribution in [2.24, 2.45) is 0 Å². The molecule has 5 nitrogen and oxygen atoms in total. The third kappa shape index (κ3) is 4.39. The van der Waals surface area contributed by atoms with Crippen LogP contribution >= 0.6 is 22.6 Å². The number of ether oxygens (including phenoxy) is 1. The van der Waals surface area contributed by atoms with Crippen LogP contribution in [0.3, 0.4) is 0 Å². The van der Waals surface area contributed by atoms with E-state index in [1.807, 2.05) is 22.6 Å². The number of rotatable bonds is 6. The summed E-state index contributed by atoms with van der Waals surface area (Å²) in [5, 5.41) is 2.82. The molecule has 0 radical (unpaired) electrons. The molecule has 1 heterocycles. The Hall–Kier alpha value is -0.770. The zero-order valence-electron chi connectivity index (χ0n) is 8.17. The molecule has 0 fully saturated rings. The van der Waals surface area contributed by atoms with Crippen molar-refractivity contribution in [2.75, 3.05) is 25.1 Å². The summed E-state index contributed by atoms with van der Waals surface area (Å²) < 4.78 is 28.5. The molecule has 8 heteroatoms. The number of nitrogens with one attached hydrogen (secondary N) is 2. The highest BCUT2D eigenvalue weighted by molar-refractivity contribution is 14.1. The molecule has 0 spiro atoms. The summed E-state index contributed by atoms with van der Waals surface area (Å²) >= 11 is 1.85. The van der Waals surface area contributed by atoms with Crippen LogP contribution in [-0.4, -0.2) is 36.2 Å². The van der Waals surface area contributed by atoms with E-state index >= 15 is 0 Å². The molecule has 16 heavy (non-hydrogen) atoms. The summed E-state index contributed by atoms with van der Waals surface area (Å²) in [6, 6.07) is 0. The standard InChI is InChI=1S/C8H10F2IN3O2/c9-5(10)3-16-2-1-12-7-6(11)8(15)14-4-13-7/h4-5H,1-3H2,(H2,12,13,14,15). The third-order valence-electron chi connectivity index (χ3n) is 1.58. The Morgan fingerprint density at radius 3 is 3.06 bits per heavy atom. The van der Waals surface area contributed by atoms with Crippen molar-refractivity contribution in [3.8, 4) is 0 Å². The van der Waals surface area contributed by atoms with Crippen LogP contribution in [0.1, 0.15) is 0 Å². The van der Waals surface area contributed by atoms with Gasteiger partial charge in [-0.2, -0.15) is 0 Å². The van der Waals surface area contributed by atoms with E-state index in [1.54, 1.807) is 0 Å². The molecule has 0 aliphatic carbocycles.